The summed E-state index contributed by atoms with van der Waals surface area (Å²) >= 11 is 0. The molecular weight excluding hydrogens is 479 g/mol. The first-order valence-electron chi connectivity index (χ1n) is 11.2. The summed E-state index contributed by atoms with van der Waals surface area (Å²) in [6.07, 6.45) is 1.59. The molecule has 0 radical (unpaired) electrons. The van der Waals surface area contributed by atoms with Gasteiger partial charge in [0.05, 0.1) is 21.8 Å². The predicted octanol–water partition coefficient (Wildman–Crippen LogP) is 4.43. The van der Waals surface area contributed by atoms with Crippen molar-refractivity contribution in [3.8, 4) is 5.69 Å². The van der Waals surface area contributed by atoms with Gasteiger partial charge in [0.25, 0.3) is 0 Å². The lowest BCUT2D eigenvalue weighted by atomic mass is 9.95. The molecule has 1 aliphatic heterocycles. The summed E-state index contributed by atoms with van der Waals surface area (Å²) in [7, 11) is -3.37. The van der Waals surface area contributed by atoms with Gasteiger partial charge in [-0.15, -0.1) is 0 Å². The van der Waals surface area contributed by atoms with Crippen LogP contribution in [-0.2, 0) is 27.4 Å². The molecule has 10 heteroatoms. The second-order valence-electron chi connectivity index (χ2n) is 8.69. The fourth-order valence-corrected chi connectivity index (χ4v) is 4.92. The van der Waals surface area contributed by atoms with E-state index in [0.29, 0.717) is 31.5 Å². The Bertz CT molecular complexity index is 1300. The normalized spacial score (nSPS) is 15.3. The third-order valence-corrected chi connectivity index (χ3v) is 7.30. The molecule has 1 aliphatic rings. The molecule has 1 aromatic heterocycles. The van der Waals surface area contributed by atoms with Crippen molar-refractivity contribution in [2.24, 2.45) is 5.92 Å². The van der Waals surface area contributed by atoms with Crippen LogP contribution in [0.2, 0.25) is 0 Å². The second-order valence-corrected chi connectivity index (χ2v) is 10.7. The fourth-order valence-electron chi connectivity index (χ4n) is 4.28. The largest absolute Gasteiger partial charge is 0.416 e. The van der Waals surface area contributed by atoms with Gasteiger partial charge in [-0.2, -0.15) is 13.2 Å². The molecule has 0 atom stereocenters. The number of nitrogens with one attached hydrogen (secondary N) is 1. The number of hydrogen-bond acceptors (Lipinski definition) is 4. The lowest BCUT2D eigenvalue weighted by Crippen LogP contribution is -2.40. The average molecular weight is 506 g/mol. The Morgan fingerprint density at radius 3 is 2.31 bits per heavy atom. The van der Waals surface area contributed by atoms with E-state index < -0.39 is 21.6 Å². The van der Waals surface area contributed by atoms with E-state index in [1.54, 1.807) is 24.3 Å². The van der Waals surface area contributed by atoms with Gasteiger partial charge in [-0.05, 0) is 60.9 Å². The molecule has 1 saturated heterocycles. The highest BCUT2D eigenvalue weighted by atomic mass is 32.2. The summed E-state index contributed by atoms with van der Waals surface area (Å²) in [5, 5.41) is 2.76. The van der Waals surface area contributed by atoms with Crippen molar-refractivity contribution >= 4 is 21.4 Å². The van der Waals surface area contributed by atoms with Crippen LogP contribution in [0.3, 0.4) is 0 Å². The van der Waals surface area contributed by atoms with Crippen molar-refractivity contribution in [3.05, 3.63) is 78.1 Å². The molecule has 1 fully saturated rings. The van der Waals surface area contributed by atoms with Crippen molar-refractivity contribution in [1.29, 1.82) is 0 Å². The number of hydrogen-bond donors (Lipinski definition) is 1. The molecule has 35 heavy (non-hydrogen) atoms. The number of piperidine rings is 1. The molecule has 6 nitrogen and oxygen atoms in total. The van der Waals surface area contributed by atoms with Crippen LogP contribution in [0.4, 0.5) is 18.9 Å². The summed E-state index contributed by atoms with van der Waals surface area (Å²) in [5.74, 6) is -0.428. The quantitative estimate of drug-likeness (QED) is 0.538. The van der Waals surface area contributed by atoms with Crippen LogP contribution in [-0.4, -0.2) is 38.2 Å². The number of carbonyl (C=O) groups is 1. The highest BCUT2D eigenvalue weighted by Gasteiger charge is 2.31. The van der Waals surface area contributed by atoms with Gasteiger partial charge in [0.2, 0.25) is 5.91 Å². The van der Waals surface area contributed by atoms with Crippen LogP contribution < -0.4 is 10.2 Å². The maximum absolute atomic E-state index is 12.9. The zero-order chi connectivity index (χ0) is 25.2. The van der Waals surface area contributed by atoms with E-state index in [9.17, 15) is 26.4 Å². The molecule has 0 bridgehead atoms. The van der Waals surface area contributed by atoms with E-state index in [-0.39, 0.29) is 23.3 Å². The number of sulfone groups is 1. The van der Waals surface area contributed by atoms with Crippen LogP contribution in [0.1, 0.15) is 24.0 Å². The van der Waals surface area contributed by atoms with Crippen molar-refractivity contribution in [1.82, 2.24) is 9.88 Å². The lowest BCUT2D eigenvalue weighted by Gasteiger charge is -2.34. The highest BCUT2D eigenvalue weighted by Crippen LogP contribution is 2.32. The fraction of sp³-hybridized carbons (Fsp3) is 0.320. The Morgan fingerprint density at radius 2 is 1.69 bits per heavy atom. The van der Waals surface area contributed by atoms with E-state index in [2.05, 4.69) is 10.2 Å². The van der Waals surface area contributed by atoms with Crippen LogP contribution in [0.25, 0.3) is 5.69 Å². The first-order chi connectivity index (χ1) is 16.5. The number of aromatic nitrogens is 1. The Labute approximate surface area is 202 Å². The van der Waals surface area contributed by atoms with Gasteiger partial charge in [0, 0.05) is 44.2 Å². The minimum Gasteiger partial charge on any atom is -0.370 e. The number of halogens is 3. The van der Waals surface area contributed by atoms with Crippen LogP contribution in [0.15, 0.2) is 71.9 Å². The smallest absolute Gasteiger partial charge is 0.370 e. The van der Waals surface area contributed by atoms with Crippen molar-refractivity contribution < 1.29 is 26.4 Å². The van der Waals surface area contributed by atoms with Gasteiger partial charge in [0.15, 0.2) is 9.84 Å². The Kier molecular flexibility index (Phi) is 6.93. The van der Waals surface area contributed by atoms with Gasteiger partial charge in [-0.3, -0.25) is 4.79 Å². The standard InChI is InChI=1S/C25H26F3N3O3S/c1-35(33,34)21-7-8-22(23(16-21)30-11-2-3-12-30)31-13-9-19(10-14-31)24(32)29-17-18-5-4-6-20(15-18)25(26,27)28/h2-8,11-12,15-16,19H,9-10,13-14,17H2,1H3,(H,29,32). The highest BCUT2D eigenvalue weighted by molar-refractivity contribution is 7.90. The number of anilines is 1. The summed E-state index contributed by atoms with van der Waals surface area (Å²) in [5.41, 5.74) is 1.27. The van der Waals surface area contributed by atoms with Crippen LogP contribution in [0.5, 0.6) is 0 Å². The molecule has 0 spiro atoms. The molecule has 0 saturated carbocycles. The van der Waals surface area contributed by atoms with E-state index in [1.807, 2.05) is 29.1 Å². The third-order valence-electron chi connectivity index (χ3n) is 6.19. The Morgan fingerprint density at radius 1 is 1.00 bits per heavy atom. The zero-order valence-electron chi connectivity index (χ0n) is 19.1. The molecule has 0 aliphatic carbocycles. The molecule has 3 aromatic rings. The van der Waals surface area contributed by atoms with Crippen molar-refractivity contribution in [3.63, 3.8) is 0 Å². The number of alkyl halides is 3. The van der Waals surface area contributed by atoms with Gasteiger partial charge >= 0.3 is 6.18 Å². The van der Waals surface area contributed by atoms with E-state index in [1.165, 1.54) is 12.3 Å². The first-order valence-corrected chi connectivity index (χ1v) is 13.1. The van der Waals surface area contributed by atoms with Gasteiger partial charge in [-0.1, -0.05) is 12.1 Å². The maximum Gasteiger partial charge on any atom is 0.416 e. The number of amides is 1. The van der Waals surface area contributed by atoms with Crippen LogP contribution in [0, 0.1) is 5.92 Å². The summed E-state index contributed by atoms with van der Waals surface area (Å²) in [6.45, 7) is 1.22. The summed E-state index contributed by atoms with van der Waals surface area (Å²) in [4.78, 5) is 15.0. The number of benzene rings is 2. The minimum atomic E-state index is -4.42. The number of carbonyl (C=O) groups excluding carboxylic acids is 1. The number of rotatable bonds is 6. The first kappa shape index (κ1) is 24.8. The SMILES string of the molecule is CS(=O)(=O)c1ccc(N2CCC(C(=O)NCc3cccc(C(F)(F)F)c3)CC2)c(-n2cccc2)c1. The molecular formula is C25H26F3N3O3S. The molecule has 2 heterocycles. The number of nitrogens with zero attached hydrogens (tertiary/aromatic N) is 2. The third kappa shape index (κ3) is 5.87. The molecule has 186 valence electrons. The van der Waals surface area contributed by atoms with Crippen molar-refractivity contribution in [2.75, 3.05) is 24.2 Å². The van der Waals surface area contributed by atoms with Crippen molar-refractivity contribution in [2.45, 2.75) is 30.5 Å². The van der Waals surface area contributed by atoms with Gasteiger partial charge in [-0.25, -0.2) is 8.42 Å². The predicted molar refractivity (Wildman–Crippen MR) is 127 cm³/mol. The molecule has 4 rings (SSSR count). The Balaban J connectivity index is 1.41. The lowest BCUT2D eigenvalue weighted by molar-refractivity contribution is -0.137. The summed E-state index contributed by atoms with van der Waals surface area (Å²) < 4.78 is 64.7. The van der Waals surface area contributed by atoms with E-state index in [4.69, 9.17) is 0 Å². The van der Waals surface area contributed by atoms with Gasteiger partial charge < -0.3 is 14.8 Å². The molecule has 1 N–H and O–H groups in total. The monoisotopic (exact) mass is 505 g/mol. The minimum absolute atomic E-state index is 0.0354. The molecule has 2 aromatic carbocycles. The zero-order valence-corrected chi connectivity index (χ0v) is 19.9. The second kappa shape index (κ2) is 9.77. The maximum atomic E-state index is 12.9. The van der Waals surface area contributed by atoms with E-state index >= 15 is 0 Å². The Hall–Kier alpha value is -3.27. The van der Waals surface area contributed by atoms with Gasteiger partial charge in [0.1, 0.15) is 0 Å². The van der Waals surface area contributed by atoms with E-state index in [0.717, 1.165) is 23.5 Å². The topological polar surface area (TPSA) is 71.4 Å². The van der Waals surface area contributed by atoms with Crippen LogP contribution >= 0.6 is 0 Å². The summed E-state index contributed by atoms with van der Waals surface area (Å²) in [6, 6.07) is 13.7. The molecule has 1 amide bonds. The average Bonchev–Trinajstić information content (AvgIpc) is 3.36. The molecule has 0 unspecified atom stereocenters.